The minimum Gasteiger partial charge on any atom is -0.203 e. The Hall–Kier alpha value is -2.65. The fraction of sp³-hybridized carbons (Fsp3) is 0.105. The van der Waals surface area contributed by atoms with Gasteiger partial charge in [-0.25, -0.2) is 8.78 Å². The molecule has 0 spiro atoms. The Labute approximate surface area is 164 Å². The first-order chi connectivity index (χ1) is 13.4. The first-order valence-electron chi connectivity index (χ1n) is 8.26. The van der Waals surface area contributed by atoms with Crippen molar-refractivity contribution in [2.24, 2.45) is 0 Å². The molecule has 0 amide bonds. The number of nitrogens with one attached hydrogen (secondary N) is 1. The molecule has 0 aliphatic heterocycles. The molecule has 9 heteroatoms. The second-order valence-electron chi connectivity index (χ2n) is 6.05. The summed E-state index contributed by atoms with van der Waals surface area (Å²) in [6, 6.07) is 16.5. The van der Waals surface area contributed by atoms with E-state index in [1.807, 2.05) is 18.4 Å². The van der Waals surface area contributed by atoms with Crippen LogP contribution >= 0.6 is 11.8 Å². The van der Waals surface area contributed by atoms with Crippen molar-refractivity contribution in [2.45, 2.75) is 16.2 Å². The maximum Gasteiger partial charge on any atom is 0.282 e. The van der Waals surface area contributed by atoms with Crippen LogP contribution in [0.4, 0.5) is 8.78 Å². The second kappa shape index (κ2) is 7.06. The molecule has 1 N–H and O–H groups in total. The van der Waals surface area contributed by atoms with Gasteiger partial charge < -0.3 is 0 Å². The smallest absolute Gasteiger partial charge is 0.203 e. The van der Waals surface area contributed by atoms with E-state index in [-0.39, 0.29) is 10.3 Å². The molecule has 0 fully saturated rings. The molecule has 144 valence electrons. The average Bonchev–Trinajstić information content (AvgIpc) is 3.06. The van der Waals surface area contributed by atoms with Crippen molar-refractivity contribution in [2.75, 3.05) is 11.1 Å². The van der Waals surface area contributed by atoms with E-state index < -0.39 is 22.1 Å². The minimum absolute atomic E-state index is 0.0159. The number of alkyl halides is 2. The molecule has 0 aliphatic carbocycles. The Morgan fingerprint density at radius 2 is 1.75 bits per heavy atom. The van der Waals surface area contributed by atoms with Gasteiger partial charge in [-0.2, -0.15) is 18.0 Å². The van der Waals surface area contributed by atoms with Crippen molar-refractivity contribution in [1.82, 2.24) is 9.89 Å². The van der Waals surface area contributed by atoms with Crippen LogP contribution in [-0.2, 0) is 10.0 Å². The van der Waals surface area contributed by atoms with E-state index in [1.165, 1.54) is 12.1 Å². The number of aromatic nitrogens is 2. The van der Waals surface area contributed by atoms with Gasteiger partial charge in [-0.05, 0) is 42.0 Å². The van der Waals surface area contributed by atoms with Crippen molar-refractivity contribution in [3.8, 4) is 0 Å². The minimum atomic E-state index is -4.00. The van der Waals surface area contributed by atoms with Gasteiger partial charge in [0.2, 0.25) is 0 Å². The van der Waals surface area contributed by atoms with Crippen molar-refractivity contribution in [3.63, 3.8) is 0 Å². The fourth-order valence-corrected chi connectivity index (χ4v) is 4.49. The third-order valence-corrected chi connectivity index (χ3v) is 6.39. The predicted molar refractivity (Wildman–Crippen MR) is 107 cm³/mol. The predicted octanol–water partition coefficient (Wildman–Crippen LogP) is 4.78. The molecular formula is C19H15F2N3O2S2. The second-order valence-corrected chi connectivity index (χ2v) is 8.59. The zero-order valence-corrected chi connectivity index (χ0v) is 16.3. The van der Waals surface area contributed by atoms with Crippen LogP contribution in [0.2, 0.25) is 0 Å². The molecule has 0 radical (unpaired) electrons. The molecule has 28 heavy (non-hydrogen) atoms. The summed E-state index contributed by atoms with van der Waals surface area (Å²) in [7, 11) is -4.00. The lowest BCUT2D eigenvalue weighted by atomic mass is 10.1. The zero-order chi connectivity index (χ0) is 19.9. The summed E-state index contributed by atoms with van der Waals surface area (Å²) >= 11 is 1.56. The summed E-state index contributed by atoms with van der Waals surface area (Å²) in [5.41, 5.74) is -0.179. The molecule has 0 saturated heterocycles. The summed E-state index contributed by atoms with van der Waals surface area (Å²) in [6.07, 6.45) is -0.903. The molecule has 0 unspecified atom stereocenters. The fourth-order valence-electron chi connectivity index (χ4n) is 3.06. The van der Waals surface area contributed by atoms with Crippen LogP contribution in [0.5, 0.6) is 0 Å². The van der Waals surface area contributed by atoms with Gasteiger partial charge in [-0.3, -0.25) is 0 Å². The van der Waals surface area contributed by atoms with Crippen molar-refractivity contribution in [3.05, 3.63) is 66.4 Å². The van der Waals surface area contributed by atoms with Gasteiger partial charge in [0.1, 0.15) is 11.2 Å². The molecule has 1 aromatic heterocycles. The van der Waals surface area contributed by atoms with Gasteiger partial charge in [0.05, 0.1) is 4.90 Å². The monoisotopic (exact) mass is 419 g/mol. The SMILES string of the molecule is CSc1ccc2c(ccc3c(C(F)F)nn(NS(=O)(=O)c4ccccc4)c32)c1. The van der Waals surface area contributed by atoms with Crippen LogP contribution < -0.4 is 4.83 Å². The van der Waals surface area contributed by atoms with E-state index in [4.69, 9.17) is 0 Å². The van der Waals surface area contributed by atoms with Gasteiger partial charge in [-0.15, -0.1) is 16.9 Å². The Kier molecular flexibility index (Phi) is 4.72. The molecule has 5 nitrogen and oxygen atoms in total. The number of hydrogen-bond donors (Lipinski definition) is 1. The molecule has 0 aliphatic rings. The molecule has 0 atom stereocenters. The summed E-state index contributed by atoms with van der Waals surface area (Å²) < 4.78 is 52.5. The summed E-state index contributed by atoms with van der Waals surface area (Å²) in [5, 5.41) is 5.50. The molecule has 4 aromatic rings. The van der Waals surface area contributed by atoms with E-state index in [0.717, 1.165) is 15.1 Å². The number of hydrogen-bond acceptors (Lipinski definition) is 4. The Balaban J connectivity index is 1.95. The van der Waals surface area contributed by atoms with Gasteiger partial charge in [-0.1, -0.05) is 30.3 Å². The number of sulfonamides is 1. The maximum atomic E-state index is 13.5. The highest BCUT2D eigenvalue weighted by atomic mass is 32.2. The number of benzene rings is 3. The van der Waals surface area contributed by atoms with Crippen LogP contribution in [0, 0.1) is 0 Å². The molecular weight excluding hydrogens is 404 g/mol. The van der Waals surface area contributed by atoms with E-state index in [9.17, 15) is 17.2 Å². The van der Waals surface area contributed by atoms with Crippen LogP contribution in [-0.4, -0.2) is 24.6 Å². The molecule has 1 heterocycles. The summed E-state index contributed by atoms with van der Waals surface area (Å²) in [6.45, 7) is 0. The van der Waals surface area contributed by atoms with E-state index in [2.05, 4.69) is 9.93 Å². The lowest BCUT2D eigenvalue weighted by Crippen LogP contribution is -2.24. The van der Waals surface area contributed by atoms with Gasteiger partial charge in [0.25, 0.3) is 16.4 Å². The summed E-state index contributed by atoms with van der Waals surface area (Å²) in [4.78, 5) is 4.27. The molecule has 3 aromatic carbocycles. The lowest BCUT2D eigenvalue weighted by molar-refractivity contribution is 0.147. The van der Waals surface area contributed by atoms with E-state index in [0.29, 0.717) is 10.9 Å². The van der Waals surface area contributed by atoms with Crippen molar-refractivity contribution >= 4 is 43.5 Å². The maximum absolute atomic E-state index is 13.5. The van der Waals surface area contributed by atoms with Crippen LogP contribution in [0.25, 0.3) is 21.7 Å². The Morgan fingerprint density at radius 1 is 1.04 bits per heavy atom. The van der Waals surface area contributed by atoms with Gasteiger partial charge in [0.15, 0.2) is 0 Å². The van der Waals surface area contributed by atoms with Crippen LogP contribution in [0.15, 0.2) is 70.5 Å². The Bertz CT molecular complexity index is 1270. The third-order valence-electron chi connectivity index (χ3n) is 4.36. The number of fused-ring (bicyclic) bond motifs is 3. The third kappa shape index (κ3) is 3.20. The van der Waals surface area contributed by atoms with E-state index in [1.54, 1.807) is 48.2 Å². The number of nitrogens with zero attached hydrogens (tertiary/aromatic N) is 2. The number of halogens is 2. The lowest BCUT2D eigenvalue weighted by Gasteiger charge is -2.10. The highest BCUT2D eigenvalue weighted by Gasteiger charge is 2.23. The standard InChI is InChI=1S/C19H15F2N3O2S2/c1-27-13-8-10-15-12(11-13)7-9-16-17(19(20)21)22-24(18(15)16)23-28(25,26)14-5-3-2-4-6-14/h2-11,19,23H,1H3. The highest BCUT2D eigenvalue weighted by Crippen LogP contribution is 2.33. The van der Waals surface area contributed by atoms with Gasteiger partial charge in [0, 0.05) is 15.7 Å². The molecule has 0 bridgehead atoms. The summed E-state index contributed by atoms with van der Waals surface area (Å²) in [5.74, 6) is 0. The average molecular weight is 419 g/mol. The van der Waals surface area contributed by atoms with Gasteiger partial charge >= 0.3 is 0 Å². The van der Waals surface area contributed by atoms with Crippen molar-refractivity contribution in [1.29, 1.82) is 0 Å². The van der Waals surface area contributed by atoms with Crippen LogP contribution in [0.3, 0.4) is 0 Å². The van der Waals surface area contributed by atoms with Crippen LogP contribution in [0.1, 0.15) is 12.1 Å². The zero-order valence-electron chi connectivity index (χ0n) is 14.6. The highest BCUT2D eigenvalue weighted by molar-refractivity contribution is 7.98. The van der Waals surface area contributed by atoms with E-state index >= 15 is 0 Å². The number of thioether (sulfide) groups is 1. The molecule has 0 saturated carbocycles. The van der Waals surface area contributed by atoms with Crippen molar-refractivity contribution < 1.29 is 17.2 Å². The number of rotatable bonds is 5. The molecule has 4 rings (SSSR count). The Morgan fingerprint density at radius 3 is 2.43 bits per heavy atom. The first-order valence-corrected chi connectivity index (χ1v) is 11.0. The normalized spacial score (nSPS) is 12.1. The topological polar surface area (TPSA) is 64.0 Å². The quantitative estimate of drug-likeness (QED) is 0.473. The largest absolute Gasteiger partial charge is 0.282 e. The first kappa shape index (κ1) is 18.7.